The molecule has 0 unspecified atom stereocenters. The van der Waals surface area contributed by atoms with Crippen LogP contribution in [-0.4, -0.2) is 48.9 Å². The van der Waals surface area contributed by atoms with Gasteiger partial charge in [0, 0.05) is 25.2 Å². The summed E-state index contributed by atoms with van der Waals surface area (Å²) in [5, 5.41) is 1.44. The van der Waals surface area contributed by atoms with Crippen LogP contribution < -0.4 is 20.9 Å². The van der Waals surface area contributed by atoms with Crippen LogP contribution in [-0.2, 0) is 0 Å². The first-order valence-electron chi connectivity index (χ1n) is 8.81. The molecule has 2 rings (SSSR count). The molecule has 8 heteroatoms. The van der Waals surface area contributed by atoms with Gasteiger partial charge in [-0.15, -0.1) is 0 Å². The van der Waals surface area contributed by atoms with Crippen LogP contribution in [0, 0.1) is 0 Å². The Balaban J connectivity index is 2.74. The minimum absolute atomic E-state index is 0.117. The van der Waals surface area contributed by atoms with Gasteiger partial charge in [0.2, 0.25) is 5.88 Å². The monoisotopic (exact) mass is 385 g/mol. The Morgan fingerprint density at radius 1 is 1.25 bits per heavy atom. The summed E-state index contributed by atoms with van der Waals surface area (Å²) in [4.78, 5) is 22.8. The molecule has 4 N–H and O–H groups in total. The molecule has 0 aliphatic rings. The van der Waals surface area contributed by atoms with Crippen LogP contribution in [0.15, 0.2) is 35.0 Å². The van der Waals surface area contributed by atoms with Gasteiger partial charge in [0.25, 0.3) is 5.91 Å². The van der Waals surface area contributed by atoms with E-state index in [0.29, 0.717) is 34.1 Å². The zero-order chi connectivity index (χ0) is 21.0. The predicted octanol–water partition coefficient (Wildman–Crippen LogP) is 2.58. The number of amides is 1. The van der Waals surface area contributed by atoms with Crippen molar-refractivity contribution in [3.63, 3.8) is 0 Å². The smallest absolute Gasteiger partial charge is 0.257 e. The molecule has 0 bridgehead atoms. The third-order valence-corrected chi connectivity index (χ3v) is 3.71. The molecule has 0 radical (unpaired) electrons. The Morgan fingerprint density at radius 2 is 1.93 bits per heavy atom. The van der Waals surface area contributed by atoms with Gasteiger partial charge in [-0.1, -0.05) is 0 Å². The highest BCUT2D eigenvalue weighted by molar-refractivity contribution is 6.03. The maximum atomic E-state index is 12.5. The van der Waals surface area contributed by atoms with Crippen molar-refractivity contribution in [1.29, 1.82) is 0 Å². The lowest BCUT2D eigenvalue weighted by molar-refractivity contribution is 0.0824. The van der Waals surface area contributed by atoms with E-state index in [0.717, 1.165) is 5.39 Å². The second-order valence-electron chi connectivity index (χ2n) is 6.85. The molecule has 8 nitrogen and oxygen atoms in total. The van der Waals surface area contributed by atoms with Gasteiger partial charge in [-0.3, -0.25) is 4.79 Å². The number of methoxy groups -OCH3 is 1. The summed E-state index contributed by atoms with van der Waals surface area (Å²) in [6.45, 7) is 5.51. The van der Waals surface area contributed by atoms with Crippen LogP contribution >= 0.6 is 0 Å². The summed E-state index contributed by atoms with van der Waals surface area (Å²) in [5.41, 5.74) is 12.5. The standard InChI is InChI=1S/C20H27N5O3/c1-11(2)28-19-14-10-15(20(26)25(4)5)16(27-6)8-13(14)9-18(24-19)23-17(22)7-12(3)21/h7-11H,21H2,1-6H3,(H2,22,23,24)/b12-7-. The Morgan fingerprint density at radius 3 is 2.46 bits per heavy atom. The summed E-state index contributed by atoms with van der Waals surface area (Å²) >= 11 is 0. The van der Waals surface area contributed by atoms with Crippen LogP contribution in [0.3, 0.4) is 0 Å². The largest absolute Gasteiger partial charge is 0.496 e. The zero-order valence-corrected chi connectivity index (χ0v) is 17.1. The van der Waals surface area contributed by atoms with Crippen molar-refractivity contribution in [3.05, 3.63) is 35.5 Å². The van der Waals surface area contributed by atoms with E-state index in [-0.39, 0.29) is 17.8 Å². The molecule has 0 atom stereocenters. The average Bonchev–Trinajstić information content (AvgIpc) is 2.58. The molecule has 1 aromatic heterocycles. The highest BCUT2D eigenvalue weighted by Crippen LogP contribution is 2.34. The van der Waals surface area contributed by atoms with Gasteiger partial charge in [0.15, 0.2) is 5.82 Å². The van der Waals surface area contributed by atoms with E-state index in [4.69, 9.17) is 20.9 Å². The summed E-state index contributed by atoms with van der Waals surface area (Å²) in [7, 11) is 4.89. The number of aliphatic imine (C=N–C) groups is 1. The van der Waals surface area contributed by atoms with Crippen LogP contribution in [0.2, 0.25) is 0 Å². The second kappa shape index (κ2) is 8.60. The molecule has 150 valence electrons. The molecule has 0 spiro atoms. The van der Waals surface area contributed by atoms with Gasteiger partial charge in [0.1, 0.15) is 11.6 Å². The number of amidine groups is 1. The van der Waals surface area contributed by atoms with Crippen LogP contribution in [0.25, 0.3) is 10.8 Å². The topological polar surface area (TPSA) is 116 Å². The van der Waals surface area contributed by atoms with Gasteiger partial charge in [-0.25, -0.2) is 4.99 Å². The Hall–Kier alpha value is -3.29. The lowest BCUT2D eigenvalue weighted by Gasteiger charge is -2.17. The fourth-order valence-electron chi connectivity index (χ4n) is 2.58. The van der Waals surface area contributed by atoms with E-state index in [2.05, 4.69) is 9.98 Å². The quantitative estimate of drug-likeness (QED) is 0.583. The third-order valence-electron chi connectivity index (χ3n) is 3.71. The number of benzene rings is 1. The first kappa shape index (κ1) is 21.0. The lowest BCUT2D eigenvalue weighted by atomic mass is 10.1. The molecule has 1 amide bonds. The SMILES string of the molecule is COc1cc2cc(/N=C(N)\C=C(\C)N)nc(OC(C)C)c2cc1C(=O)N(C)C. The van der Waals surface area contributed by atoms with Crippen molar-refractivity contribution in [3.8, 4) is 11.6 Å². The van der Waals surface area contributed by atoms with Crippen molar-refractivity contribution >= 4 is 28.3 Å². The van der Waals surface area contributed by atoms with Crippen molar-refractivity contribution in [2.45, 2.75) is 26.9 Å². The average molecular weight is 385 g/mol. The molecular weight excluding hydrogens is 358 g/mol. The van der Waals surface area contributed by atoms with E-state index in [1.807, 2.05) is 13.8 Å². The number of rotatable bonds is 6. The van der Waals surface area contributed by atoms with Crippen molar-refractivity contribution in [2.24, 2.45) is 16.5 Å². The zero-order valence-electron chi connectivity index (χ0n) is 17.1. The minimum Gasteiger partial charge on any atom is -0.496 e. The third kappa shape index (κ3) is 4.91. The second-order valence-corrected chi connectivity index (χ2v) is 6.85. The molecule has 1 heterocycles. The van der Waals surface area contributed by atoms with Crippen LogP contribution in [0.5, 0.6) is 11.6 Å². The van der Waals surface area contributed by atoms with E-state index in [9.17, 15) is 4.79 Å². The summed E-state index contributed by atoms with van der Waals surface area (Å²) in [6, 6.07) is 5.24. The van der Waals surface area contributed by atoms with Gasteiger partial charge in [-0.05, 0) is 50.4 Å². The van der Waals surface area contributed by atoms with Gasteiger partial charge in [-0.2, -0.15) is 4.98 Å². The molecule has 1 aromatic carbocycles. The molecule has 28 heavy (non-hydrogen) atoms. The number of carbonyl (C=O) groups excluding carboxylic acids is 1. The number of pyridine rings is 1. The normalized spacial score (nSPS) is 12.4. The molecule has 0 saturated heterocycles. The van der Waals surface area contributed by atoms with Crippen molar-refractivity contribution < 1.29 is 14.3 Å². The lowest BCUT2D eigenvalue weighted by Crippen LogP contribution is -2.22. The maximum absolute atomic E-state index is 12.5. The molecule has 0 fully saturated rings. The van der Waals surface area contributed by atoms with Crippen LogP contribution in [0.4, 0.5) is 5.82 Å². The molecular formula is C20H27N5O3. The van der Waals surface area contributed by atoms with Gasteiger partial charge >= 0.3 is 0 Å². The maximum Gasteiger partial charge on any atom is 0.257 e. The van der Waals surface area contributed by atoms with E-state index in [1.54, 1.807) is 45.3 Å². The number of allylic oxidation sites excluding steroid dienone is 1. The Labute approximate surface area is 164 Å². The molecule has 2 aromatic rings. The fourth-order valence-corrected chi connectivity index (χ4v) is 2.58. The Kier molecular flexibility index (Phi) is 6.45. The fraction of sp³-hybridized carbons (Fsp3) is 0.350. The molecule has 0 aliphatic heterocycles. The van der Waals surface area contributed by atoms with Crippen LogP contribution in [0.1, 0.15) is 31.1 Å². The number of hydrogen-bond acceptors (Lipinski definition) is 6. The first-order valence-corrected chi connectivity index (χ1v) is 8.81. The Bertz CT molecular complexity index is 944. The van der Waals surface area contributed by atoms with E-state index < -0.39 is 0 Å². The summed E-state index contributed by atoms with van der Waals surface area (Å²) in [6.07, 6.45) is 1.43. The molecule has 0 saturated carbocycles. The van der Waals surface area contributed by atoms with Gasteiger partial charge in [0.05, 0.1) is 18.8 Å². The first-order chi connectivity index (χ1) is 13.1. The predicted molar refractivity (Wildman–Crippen MR) is 111 cm³/mol. The molecule has 0 aliphatic carbocycles. The van der Waals surface area contributed by atoms with Crippen molar-refractivity contribution in [2.75, 3.05) is 21.2 Å². The van der Waals surface area contributed by atoms with E-state index >= 15 is 0 Å². The van der Waals surface area contributed by atoms with Gasteiger partial charge < -0.3 is 25.8 Å². The summed E-state index contributed by atoms with van der Waals surface area (Å²) in [5.74, 6) is 1.24. The number of ether oxygens (including phenoxy) is 2. The highest BCUT2D eigenvalue weighted by Gasteiger charge is 2.19. The number of nitrogens with two attached hydrogens (primary N) is 2. The number of aromatic nitrogens is 1. The number of carbonyl (C=O) groups is 1. The minimum atomic E-state index is -0.177. The number of fused-ring (bicyclic) bond motifs is 1. The number of nitrogens with zero attached hydrogens (tertiary/aromatic N) is 3. The van der Waals surface area contributed by atoms with Crippen molar-refractivity contribution in [1.82, 2.24) is 9.88 Å². The number of hydrogen-bond donors (Lipinski definition) is 2. The highest BCUT2D eigenvalue weighted by atomic mass is 16.5. The van der Waals surface area contributed by atoms with E-state index in [1.165, 1.54) is 12.0 Å². The summed E-state index contributed by atoms with van der Waals surface area (Å²) < 4.78 is 11.3.